The first kappa shape index (κ1) is 19.2. The highest BCUT2D eigenvalue weighted by molar-refractivity contribution is 6.04. The quantitative estimate of drug-likeness (QED) is 0.784. The third kappa shape index (κ3) is 6.43. The van der Waals surface area contributed by atoms with E-state index in [0.717, 1.165) is 25.7 Å². The molecule has 0 fully saturated rings. The molecule has 0 aromatic heterocycles. The highest BCUT2D eigenvalue weighted by Crippen LogP contribution is 2.20. The van der Waals surface area contributed by atoms with E-state index >= 15 is 0 Å². The van der Waals surface area contributed by atoms with Crippen LogP contribution in [0.1, 0.15) is 70.7 Å². The van der Waals surface area contributed by atoms with Gasteiger partial charge in [0.15, 0.2) is 0 Å². The van der Waals surface area contributed by atoms with Gasteiger partial charge in [-0.3, -0.25) is 9.59 Å². The molecule has 0 heterocycles. The van der Waals surface area contributed by atoms with Gasteiger partial charge in [-0.15, -0.1) is 0 Å². The molecule has 1 atom stereocenters. The van der Waals surface area contributed by atoms with Crippen LogP contribution in [0.2, 0.25) is 0 Å². The Hall–Kier alpha value is -1.84. The summed E-state index contributed by atoms with van der Waals surface area (Å²) in [4.78, 5) is 24.9. The number of carbonyl (C=O) groups excluding carboxylic acids is 2. The highest BCUT2D eigenvalue weighted by atomic mass is 16.2. The van der Waals surface area contributed by atoms with Crippen LogP contribution in [0.15, 0.2) is 24.3 Å². The van der Waals surface area contributed by atoms with Gasteiger partial charge in [-0.05, 0) is 45.7 Å². The van der Waals surface area contributed by atoms with Gasteiger partial charge in [0.25, 0.3) is 5.91 Å². The van der Waals surface area contributed by atoms with Gasteiger partial charge in [-0.1, -0.05) is 38.8 Å². The van der Waals surface area contributed by atoms with Gasteiger partial charge < -0.3 is 10.6 Å². The first-order valence-electron chi connectivity index (χ1n) is 8.50. The fourth-order valence-corrected chi connectivity index (χ4v) is 2.40. The molecule has 0 bridgehead atoms. The van der Waals surface area contributed by atoms with Crippen LogP contribution in [0.3, 0.4) is 0 Å². The smallest absolute Gasteiger partial charge is 0.253 e. The van der Waals surface area contributed by atoms with E-state index in [9.17, 15) is 9.59 Å². The number of carbonyl (C=O) groups is 2. The van der Waals surface area contributed by atoms with Gasteiger partial charge >= 0.3 is 0 Å². The molecule has 0 aliphatic carbocycles. The number of amides is 2. The van der Waals surface area contributed by atoms with E-state index in [1.807, 2.05) is 39.8 Å². The molecule has 2 amide bonds. The molecular formula is C19H30N2O2. The number of unbranched alkanes of at least 4 members (excludes halogenated alkanes) is 1. The van der Waals surface area contributed by atoms with Crippen LogP contribution in [-0.2, 0) is 4.79 Å². The molecule has 0 saturated heterocycles. The van der Waals surface area contributed by atoms with Gasteiger partial charge in [-0.25, -0.2) is 0 Å². The van der Waals surface area contributed by atoms with Crippen LogP contribution in [-0.4, -0.2) is 17.4 Å². The topological polar surface area (TPSA) is 58.2 Å². The van der Waals surface area contributed by atoms with E-state index in [2.05, 4.69) is 17.6 Å². The van der Waals surface area contributed by atoms with E-state index in [-0.39, 0.29) is 23.3 Å². The van der Waals surface area contributed by atoms with E-state index in [4.69, 9.17) is 0 Å². The Bertz CT molecular complexity index is 532. The lowest BCUT2D eigenvalue weighted by Gasteiger charge is -2.22. The van der Waals surface area contributed by atoms with E-state index in [0.29, 0.717) is 11.3 Å². The van der Waals surface area contributed by atoms with Crippen molar-refractivity contribution in [2.24, 2.45) is 5.92 Å². The Balaban J connectivity index is 2.88. The zero-order valence-corrected chi connectivity index (χ0v) is 15.0. The Kier molecular flexibility index (Phi) is 7.27. The molecule has 1 aromatic rings. The molecular weight excluding hydrogens is 288 g/mol. The van der Waals surface area contributed by atoms with Crippen LogP contribution in [0.4, 0.5) is 5.69 Å². The molecule has 1 rings (SSSR count). The lowest BCUT2D eigenvalue weighted by Crippen LogP contribution is -2.41. The SMILES string of the molecule is CCCCC(CC)C(=O)Nc1ccccc1C(=O)NC(C)(C)C. The number of para-hydroxylation sites is 1. The lowest BCUT2D eigenvalue weighted by atomic mass is 9.98. The summed E-state index contributed by atoms with van der Waals surface area (Å²) in [7, 11) is 0. The van der Waals surface area contributed by atoms with Gasteiger partial charge in [0, 0.05) is 11.5 Å². The second-order valence-corrected chi connectivity index (χ2v) is 6.99. The number of anilines is 1. The van der Waals surface area contributed by atoms with E-state index in [1.54, 1.807) is 12.1 Å². The normalized spacial score (nSPS) is 12.6. The van der Waals surface area contributed by atoms with Crippen molar-refractivity contribution in [3.05, 3.63) is 29.8 Å². The van der Waals surface area contributed by atoms with Crippen molar-refractivity contribution < 1.29 is 9.59 Å². The molecule has 1 unspecified atom stereocenters. The minimum absolute atomic E-state index is 0.00282. The Morgan fingerprint density at radius 1 is 1.13 bits per heavy atom. The minimum Gasteiger partial charge on any atom is -0.347 e. The summed E-state index contributed by atoms with van der Waals surface area (Å²) in [6.45, 7) is 9.95. The zero-order chi connectivity index (χ0) is 17.5. The van der Waals surface area contributed by atoms with Crippen molar-refractivity contribution in [1.29, 1.82) is 0 Å². The molecule has 1 aromatic carbocycles. The summed E-state index contributed by atoms with van der Waals surface area (Å²) < 4.78 is 0. The van der Waals surface area contributed by atoms with Crippen LogP contribution in [0, 0.1) is 5.92 Å². The van der Waals surface area contributed by atoms with Crippen LogP contribution in [0.25, 0.3) is 0 Å². The van der Waals surface area contributed by atoms with Gasteiger partial charge in [0.1, 0.15) is 0 Å². The molecule has 0 saturated carbocycles. The monoisotopic (exact) mass is 318 g/mol. The second-order valence-electron chi connectivity index (χ2n) is 6.99. The molecule has 4 nitrogen and oxygen atoms in total. The minimum atomic E-state index is -0.318. The van der Waals surface area contributed by atoms with Crippen molar-refractivity contribution in [3.8, 4) is 0 Å². The zero-order valence-electron chi connectivity index (χ0n) is 15.0. The maximum Gasteiger partial charge on any atom is 0.253 e. The number of hydrogen-bond acceptors (Lipinski definition) is 2. The Morgan fingerprint density at radius 2 is 1.78 bits per heavy atom. The molecule has 2 N–H and O–H groups in total. The fourth-order valence-electron chi connectivity index (χ4n) is 2.40. The first-order valence-corrected chi connectivity index (χ1v) is 8.50. The molecule has 0 aliphatic heterocycles. The van der Waals surface area contributed by atoms with Gasteiger partial charge in [0.2, 0.25) is 5.91 Å². The van der Waals surface area contributed by atoms with E-state index in [1.165, 1.54) is 0 Å². The summed E-state index contributed by atoms with van der Waals surface area (Å²) >= 11 is 0. The third-order valence-electron chi connectivity index (χ3n) is 3.69. The van der Waals surface area contributed by atoms with Gasteiger partial charge in [0.05, 0.1) is 11.3 Å². The van der Waals surface area contributed by atoms with Crippen LogP contribution >= 0.6 is 0 Å². The highest BCUT2D eigenvalue weighted by Gasteiger charge is 2.21. The average Bonchev–Trinajstić information content (AvgIpc) is 2.46. The standard InChI is InChI=1S/C19H30N2O2/c1-6-8-11-14(7-2)17(22)20-16-13-10-9-12-15(16)18(23)21-19(3,4)5/h9-10,12-14H,6-8,11H2,1-5H3,(H,20,22)(H,21,23). The second kappa shape index (κ2) is 8.70. The summed E-state index contributed by atoms with van der Waals surface area (Å²) in [6.07, 6.45) is 3.81. The maximum atomic E-state index is 12.5. The average molecular weight is 318 g/mol. The van der Waals surface area contributed by atoms with E-state index < -0.39 is 0 Å². The van der Waals surface area contributed by atoms with Crippen molar-refractivity contribution >= 4 is 17.5 Å². The van der Waals surface area contributed by atoms with Crippen molar-refractivity contribution in [2.45, 2.75) is 65.8 Å². The number of rotatable bonds is 7. The Labute approximate surface area is 140 Å². The van der Waals surface area contributed by atoms with Crippen LogP contribution in [0.5, 0.6) is 0 Å². The van der Waals surface area contributed by atoms with Crippen molar-refractivity contribution in [3.63, 3.8) is 0 Å². The summed E-state index contributed by atoms with van der Waals surface area (Å²) in [5.74, 6) is -0.180. The molecule has 23 heavy (non-hydrogen) atoms. The predicted octanol–water partition coefficient (Wildman–Crippen LogP) is 4.37. The van der Waals surface area contributed by atoms with Crippen molar-refractivity contribution in [1.82, 2.24) is 5.32 Å². The fraction of sp³-hybridized carbons (Fsp3) is 0.579. The largest absolute Gasteiger partial charge is 0.347 e. The van der Waals surface area contributed by atoms with Crippen LogP contribution < -0.4 is 10.6 Å². The summed E-state index contributed by atoms with van der Waals surface area (Å²) in [5, 5.41) is 5.87. The Morgan fingerprint density at radius 3 is 2.35 bits per heavy atom. The molecule has 128 valence electrons. The number of hydrogen-bond donors (Lipinski definition) is 2. The maximum absolute atomic E-state index is 12.5. The molecule has 0 aliphatic rings. The molecule has 0 radical (unpaired) electrons. The first-order chi connectivity index (χ1) is 10.8. The van der Waals surface area contributed by atoms with Gasteiger partial charge in [-0.2, -0.15) is 0 Å². The summed E-state index contributed by atoms with van der Waals surface area (Å²) in [5.41, 5.74) is 0.761. The van der Waals surface area contributed by atoms with Crippen molar-refractivity contribution in [2.75, 3.05) is 5.32 Å². The number of benzene rings is 1. The lowest BCUT2D eigenvalue weighted by molar-refractivity contribution is -0.120. The predicted molar refractivity (Wildman–Crippen MR) is 95.6 cm³/mol. The number of nitrogens with one attached hydrogen (secondary N) is 2. The molecule has 0 spiro atoms. The summed E-state index contributed by atoms with van der Waals surface area (Å²) in [6, 6.07) is 7.16. The molecule has 4 heteroatoms. The third-order valence-corrected chi connectivity index (χ3v) is 3.69.